The summed E-state index contributed by atoms with van der Waals surface area (Å²) in [6.45, 7) is 15.1. The molecular formula is C19H37BNOS. The summed E-state index contributed by atoms with van der Waals surface area (Å²) >= 11 is 1.45. The molecule has 0 bridgehead atoms. The Hall–Kier alpha value is -0.895. The lowest BCUT2D eigenvalue weighted by molar-refractivity contribution is 0.223. The fraction of sp³-hybridized carbons (Fsp3) is 0.632. The maximum atomic E-state index is 10.9. The van der Waals surface area contributed by atoms with Gasteiger partial charge in [-0.15, -0.1) is 0 Å². The lowest BCUT2D eigenvalue weighted by Crippen LogP contribution is -2.34. The van der Waals surface area contributed by atoms with Gasteiger partial charge < -0.3 is 4.90 Å². The van der Waals surface area contributed by atoms with Gasteiger partial charge in [-0.3, -0.25) is 4.79 Å². The smallest absolute Gasteiger partial charge is 0.281 e. The zero-order chi connectivity index (χ0) is 17.8. The zero-order valence-electron chi connectivity index (χ0n) is 16.5. The Kier molecular flexibility index (Phi) is 34.0. The Bertz CT molecular complexity index is 283. The highest BCUT2D eigenvalue weighted by atomic mass is 32.2. The topological polar surface area (TPSA) is 20.3 Å². The van der Waals surface area contributed by atoms with Crippen molar-refractivity contribution in [3.63, 3.8) is 0 Å². The van der Waals surface area contributed by atoms with E-state index in [9.17, 15) is 4.79 Å². The molecule has 3 radical (unpaired) electrons. The van der Waals surface area contributed by atoms with E-state index in [1.54, 1.807) is 0 Å². The second-order valence-corrected chi connectivity index (χ2v) is 4.86. The summed E-state index contributed by atoms with van der Waals surface area (Å²) in [5, 5.41) is 0.227. The molecule has 2 rings (SSSR count). The van der Waals surface area contributed by atoms with E-state index in [2.05, 4.69) is 6.92 Å². The molecule has 0 aromatic heterocycles. The molecule has 133 valence electrons. The van der Waals surface area contributed by atoms with E-state index in [0.717, 1.165) is 12.3 Å². The number of nitrogens with zero attached hydrogens (tertiary/aromatic N) is 1. The lowest BCUT2D eigenvalue weighted by Gasteiger charge is -2.27. The van der Waals surface area contributed by atoms with Gasteiger partial charge in [0, 0.05) is 27.8 Å². The minimum atomic E-state index is 0. The first-order valence-corrected chi connectivity index (χ1v) is 9.60. The van der Waals surface area contributed by atoms with Crippen LogP contribution in [-0.2, 0) is 0 Å². The van der Waals surface area contributed by atoms with Crippen LogP contribution in [0.15, 0.2) is 36.4 Å². The number of carbonyl (C=O) groups is 1. The minimum absolute atomic E-state index is 0. The van der Waals surface area contributed by atoms with Gasteiger partial charge in [0.1, 0.15) is 0 Å². The SMILES string of the molecule is CC.CC.CC.CCC1CSC(=O)N(C)C1.[B].c1ccccc1. The van der Waals surface area contributed by atoms with Crippen LogP contribution in [0.1, 0.15) is 54.9 Å². The molecule has 1 amide bonds. The molecule has 0 N–H and O–H groups in total. The van der Waals surface area contributed by atoms with Crippen molar-refractivity contribution in [3.8, 4) is 0 Å². The third kappa shape index (κ3) is 19.1. The molecule has 1 aliphatic heterocycles. The first kappa shape index (κ1) is 30.0. The van der Waals surface area contributed by atoms with Gasteiger partial charge in [0.05, 0.1) is 0 Å². The number of carbonyl (C=O) groups excluding carboxylic acids is 1. The summed E-state index contributed by atoms with van der Waals surface area (Å²) in [7, 11) is 1.87. The molecule has 2 nitrogen and oxygen atoms in total. The fourth-order valence-electron chi connectivity index (χ4n) is 1.45. The van der Waals surface area contributed by atoms with Crippen LogP contribution in [0.5, 0.6) is 0 Å². The summed E-state index contributed by atoms with van der Waals surface area (Å²) in [4.78, 5) is 12.8. The van der Waals surface area contributed by atoms with Crippen LogP contribution in [0.3, 0.4) is 0 Å². The lowest BCUT2D eigenvalue weighted by atomic mass is 10.1. The van der Waals surface area contributed by atoms with Crippen LogP contribution < -0.4 is 0 Å². The van der Waals surface area contributed by atoms with Crippen LogP contribution >= 0.6 is 11.8 Å². The Labute approximate surface area is 152 Å². The van der Waals surface area contributed by atoms with Crippen LogP contribution in [0.4, 0.5) is 4.79 Å². The summed E-state index contributed by atoms with van der Waals surface area (Å²) in [5.74, 6) is 1.73. The van der Waals surface area contributed by atoms with E-state index in [1.807, 2.05) is 89.9 Å². The van der Waals surface area contributed by atoms with Gasteiger partial charge in [0.15, 0.2) is 0 Å². The van der Waals surface area contributed by atoms with E-state index in [0.29, 0.717) is 5.92 Å². The second-order valence-electron chi connectivity index (χ2n) is 3.89. The molecule has 1 unspecified atom stereocenters. The van der Waals surface area contributed by atoms with Gasteiger partial charge in [-0.05, 0) is 5.92 Å². The quantitative estimate of drug-likeness (QED) is 0.569. The Morgan fingerprint density at radius 3 is 1.57 bits per heavy atom. The van der Waals surface area contributed by atoms with E-state index in [-0.39, 0.29) is 13.7 Å². The normalized spacial score (nSPS) is 14.7. The Morgan fingerprint density at radius 1 is 0.957 bits per heavy atom. The summed E-state index contributed by atoms with van der Waals surface area (Å²) in [5.41, 5.74) is 0. The van der Waals surface area contributed by atoms with Crippen molar-refractivity contribution in [1.29, 1.82) is 0 Å². The predicted molar refractivity (Wildman–Crippen MR) is 111 cm³/mol. The molecule has 0 aliphatic carbocycles. The van der Waals surface area contributed by atoms with Gasteiger partial charge in [0.2, 0.25) is 0 Å². The van der Waals surface area contributed by atoms with E-state index in [4.69, 9.17) is 0 Å². The number of rotatable bonds is 1. The number of hydrogen-bond acceptors (Lipinski definition) is 2. The molecule has 4 heteroatoms. The molecule has 1 aromatic rings. The van der Waals surface area contributed by atoms with Crippen LogP contribution in [0, 0.1) is 5.92 Å². The van der Waals surface area contributed by atoms with Crippen molar-refractivity contribution in [3.05, 3.63) is 36.4 Å². The highest BCUT2D eigenvalue weighted by molar-refractivity contribution is 8.13. The van der Waals surface area contributed by atoms with Crippen molar-refractivity contribution < 1.29 is 4.79 Å². The van der Waals surface area contributed by atoms with Crippen LogP contribution in [-0.4, -0.2) is 37.9 Å². The van der Waals surface area contributed by atoms with Gasteiger partial charge in [-0.25, -0.2) is 0 Å². The molecule has 1 aromatic carbocycles. The average molecular weight is 338 g/mol. The third-order valence-electron chi connectivity index (χ3n) is 2.53. The Balaban J connectivity index is -0.000000120. The molecule has 1 saturated heterocycles. The molecule has 1 aliphatic rings. The molecule has 23 heavy (non-hydrogen) atoms. The van der Waals surface area contributed by atoms with Crippen molar-refractivity contribution in [2.24, 2.45) is 5.92 Å². The number of hydrogen-bond donors (Lipinski definition) is 0. The molecule has 1 fully saturated rings. The summed E-state index contributed by atoms with van der Waals surface area (Å²) < 4.78 is 0. The summed E-state index contributed by atoms with van der Waals surface area (Å²) in [6, 6.07) is 12.0. The molecular weight excluding hydrogens is 301 g/mol. The first-order valence-electron chi connectivity index (χ1n) is 8.62. The second kappa shape index (κ2) is 26.0. The summed E-state index contributed by atoms with van der Waals surface area (Å²) in [6.07, 6.45) is 1.19. The van der Waals surface area contributed by atoms with Gasteiger partial charge in [-0.1, -0.05) is 103 Å². The minimum Gasteiger partial charge on any atom is -0.336 e. The monoisotopic (exact) mass is 338 g/mol. The number of amides is 1. The molecule has 1 atom stereocenters. The van der Waals surface area contributed by atoms with Gasteiger partial charge in [0.25, 0.3) is 5.24 Å². The van der Waals surface area contributed by atoms with Crippen molar-refractivity contribution in [2.45, 2.75) is 54.9 Å². The van der Waals surface area contributed by atoms with Crippen LogP contribution in [0.25, 0.3) is 0 Å². The molecule has 0 saturated carbocycles. The van der Waals surface area contributed by atoms with Crippen molar-refractivity contribution in [1.82, 2.24) is 4.90 Å². The van der Waals surface area contributed by atoms with Crippen LogP contribution in [0.2, 0.25) is 0 Å². The number of thioether (sulfide) groups is 1. The third-order valence-corrected chi connectivity index (χ3v) is 3.73. The standard InChI is InChI=1S/C7H13NOS.C6H6.3C2H6.B/c1-3-6-4-8(2)7(9)10-5-6;1-2-4-6-5-3-1;3*1-2;/h6H,3-5H2,1-2H3;1-6H;3*1-2H3;. The molecule has 1 heterocycles. The maximum absolute atomic E-state index is 10.9. The average Bonchev–Trinajstić information content (AvgIpc) is 2.64. The largest absolute Gasteiger partial charge is 0.336 e. The van der Waals surface area contributed by atoms with Crippen molar-refractivity contribution in [2.75, 3.05) is 19.3 Å². The Morgan fingerprint density at radius 2 is 1.30 bits per heavy atom. The van der Waals surface area contributed by atoms with Gasteiger partial charge >= 0.3 is 0 Å². The highest BCUT2D eigenvalue weighted by Crippen LogP contribution is 2.21. The molecule has 0 spiro atoms. The van der Waals surface area contributed by atoms with Gasteiger partial charge in [-0.2, -0.15) is 0 Å². The maximum Gasteiger partial charge on any atom is 0.281 e. The predicted octanol–water partition coefficient (Wildman–Crippen LogP) is 6.20. The van der Waals surface area contributed by atoms with E-state index in [1.165, 1.54) is 18.2 Å². The van der Waals surface area contributed by atoms with E-state index >= 15 is 0 Å². The first-order chi connectivity index (χ1) is 10.7. The number of benzene rings is 1. The highest BCUT2D eigenvalue weighted by Gasteiger charge is 2.21. The van der Waals surface area contributed by atoms with Crippen molar-refractivity contribution >= 4 is 25.4 Å². The zero-order valence-corrected chi connectivity index (χ0v) is 17.3. The fourth-order valence-corrected chi connectivity index (χ4v) is 2.46. The van der Waals surface area contributed by atoms with E-state index < -0.39 is 0 Å².